The first kappa shape index (κ1) is 16.5. The Morgan fingerprint density at radius 1 is 1.16 bits per heavy atom. The molecule has 0 radical (unpaired) electrons. The number of rotatable bonds is 10. The average molecular weight is 283 g/mol. The van der Waals surface area contributed by atoms with Gasteiger partial charge in [-0.25, -0.2) is 0 Å². The van der Waals surface area contributed by atoms with Gasteiger partial charge in [0.2, 0.25) is 0 Å². The fraction of sp³-hybridized carbons (Fsp3) is 0.688. The van der Waals surface area contributed by atoms with E-state index in [0.717, 1.165) is 30.1 Å². The van der Waals surface area contributed by atoms with Gasteiger partial charge < -0.3 is 5.32 Å². The highest BCUT2D eigenvalue weighted by Gasteiger charge is 2.14. The molecule has 1 unspecified atom stereocenters. The topological polar surface area (TPSA) is 24.9 Å². The summed E-state index contributed by atoms with van der Waals surface area (Å²) < 4.78 is 0. The number of pyridine rings is 1. The molecule has 1 rings (SSSR count). The summed E-state index contributed by atoms with van der Waals surface area (Å²) in [5, 5.41) is 4.35. The lowest BCUT2D eigenvalue weighted by Crippen LogP contribution is -2.23. The maximum Gasteiger partial charge on any atom is 0.0758 e. The Hall–Kier alpha value is -0.600. The summed E-state index contributed by atoms with van der Waals surface area (Å²) in [5.74, 6) is 0. The first-order valence-corrected chi connectivity index (χ1v) is 8.01. The van der Waals surface area contributed by atoms with Crippen molar-refractivity contribution < 1.29 is 0 Å². The molecule has 0 aliphatic heterocycles. The molecule has 0 aliphatic rings. The van der Waals surface area contributed by atoms with Gasteiger partial charge in [-0.05, 0) is 31.5 Å². The number of aromatic nitrogens is 1. The van der Waals surface area contributed by atoms with Crippen LogP contribution >= 0.6 is 11.6 Å². The quantitative estimate of drug-likeness (QED) is 0.601. The Bertz CT molecular complexity index is 341. The van der Waals surface area contributed by atoms with E-state index < -0.39 is 0 Å². The Morgan fingerprint density at radius 3 is 2.63 bits per heavy atom. The molecule has 2 nitrogen and oxygen atoms in total. The van der Waals surface area contributed by atoms with Gasteiger partial charge in [-0.2, -0.15) is 0 Å². The van der Waals surface area contributed by atoms with Gasteiger partial charge in [-0.1, -0.05) is 57.6 Å². The zero-order valence-electron chi connectivity index (χ0n) is 12.3. The molecule has 108 valence electrons. The number of nitrogens with one attached hydrogen (secondary N) is 1. The summed E-state index contributed by atoms with van der Waals surface area (Å²) in [6.45, 7) is 5.46. The van der Waals surface area contributed by atoms with E-state index >= 15 is 0 Å². The fourth-order valence-electron chi connectivity index (χ4n) is 2.26. The third-order valence-corrected chi connectivity index (χ3v) is 3.67. The number of hydrogen-bond acceptors (Lipinski definition) is 2. The zero-order valence-corrected chi connectivity index (χ0v) is 13.0. The lowest BCUT2D eigenvalue weighted by atomic mass is 10.0. The Morgan fingerprint density at radius 2 is 1.95 bits per heavy atom. The van der Waals surface area contributed by atoms with Crippen molar-refractivity contribution in [3.63, 3.8) is 0 Å². The molecule has 1 N–H and O–H groups in total. The molecule has 1 heterocycles. The fourth-order valence-corrected chi connectivity index (χ4v) is 2.51. The van der Waals surface area contributed by atoms with Gasteiger partial charge in [0.05, 0.1) is 16.8 Å². The van der Waals surface area contributed by atoms with E-state index in [1.54, 1.807) is 0 Å². The lowest BCUT2D eigenvalue weighted by molar-refractivity contribution is 0.460. The second kappa shape index (κ2) is 10.2. The molecule has 0 saturated heterocycles. The lowest BCUT2D eigenvalue weighted by Gasteiger charge is -2.19. The summed E-state index contributed by atoms with van der Waals surface area (Å²) in [6, 6.07) is 4.13. The third kappa shape index (κ3) is 6.40. The van der Waals surface area contributed by atoms with E-state index in [9.17, 15) is 0 Å². The van der Waals surface area contributed by atoms with Gasteiger partial charge in [0, 0.05) is 6.20 Å². The Balaban J connectivity index is 2.49. The van der Waals surface area contributed by atoms with Crippen LogP contribution in [0, 0.1) is 0 Å². The van der Waals surface area contributed by atoms with Crippen molar-refractivity contribution in [2.45, 2.75) is 64.8 Å². The number of hydrogen-bond donors (Lipinski definition) is 1. The van der Waals surface area contributed by atoms with Crippen LogP contribution in [-0.2, 0) is 0 Å². The molecule has 0 spiro atoms. The summed E-state index contributed by atoms with van der Waals surface area (Å²) in [7, 11) is 0. The van der Waals surface area contributed by atoms with Crippen LogP contribution in [0.25, 0.3) is 0 Å². The minimum Gasteiger partial charge on any atom is -0.309 e. The maximum absolute atomic E-state index is 6.26. The van der Waals surface area contributed by atoms with E-state index in [-0.39, 0.29) is 0 Å². The molecule has 3 heteroatoms. The molecule has 19 heavy (non-hydrogen) atoms. The smallest absolute Gasteiger partial charge is 0.0758 e. The molecule has 0 aliphatic carbocycles. The van der Waals surface area contributed by atoms with Gasteiger partial charge in [-0.15, -0.1) is 0 Å². The van der Waals surface area contributed by atoms with Crippen molar-refractivity contribution in [3.8, 4) is 0 Å². The minimum atomic E-state index is 0.301. The first-order valence-electron chi connectivity index (χ1n) is 7.63. The Labute approximate surface area is 123 Å². The molecule has 1 aromatic rings. The highest BCUT2D eigenvalue weighted by Crippen LogP contribution is 2.24. The van der Waals surface area contributed by atoms with E-state index in [1.165, 1.54) is 32.1 Å². The van der Waals surface area contributed by atoms with Gasteiger partial charge in [0.25, 0.3) is 0 Å². The molecule has 1 atom stereocenters. The number of nitrogens with zero attached hydrogens (tertiary/aromatic N) is 1. The molecule has 1 aromatic heterocycles. The highest BCUT2D eigenvalue weighted by atomic mass is 35.5. The van der Waals surface area contributed by atoms with Crippen LogP contribution in [0.4, 0.5) is 0 Å². The van der Waals surface area contributed by atoms with Crippen molar-refractivity contribution in [1.29, 1.82) is 0 Å². The Kier molecular flexibility index (Phi) is 8.85. The van der Waals surface area contributed by atoms with Crippen LogP contribution in [-0.4, -0.2) is 11.5 Å². The standard InChI is InChI=1S/C16H27ClN2/c1-3-5-6-7-8-11-15(18-12-4-2)16-14(17)10-9-13-19-16/h9-10,13,15,18H,3-8,11-12H2,1-2H3. The van der Waals surface area contributed by atoms with Crippen LogP contribution in [0.15, 0.2) is 18.3 Å². The molecule has 0 saturated carbocycles. The molecule has 0 bridgehead atoms. The highest BCUT2D eigenvalue weighted by molar-refractivity contribution is 6.31. The molecule has 0 aromatic carbocycles. The molecular formula is C16H27ClN2. The molecule has 0 amide bonds. The van der Waals surface area contributed by atoms with E-state index in [4.69, 9.17) is 11.6 Å². The van der Waals surface area contributed by atoms with Gasteiger partial charge in [0.1, 0.15) is 0 Å². The second-order valence-electron chi connectivity index (χ2n) is 5.08. The van der Waals surface area contributed by atoms with Crippen LogP contribution < -0.4 is 5.32 Å². The predicted molar refractivity (Wildman–Crippen MR) is 83.7 cm³/mol. The summed E-state index contributed by atoms with van der Waals surface area (Å²) in [5.41, 5.74) is 1.01. The van der Waals surface area contributed by atoms with Crippen molar-refractivity contribution in [2.24, 2.45) is 0 Å². The largest absolute Gasteiger partial charge is 0.309 e. The van der Waals surface area contributed by atoms with Crippen LogP contribution in [0.5, 0.6) is 0 Å². The van der Waals surface area contributed by atoms with Crippen LogP contribution in [0.2, 0.25) is 5.02 Å². The average Bonchev–Trinajstić information content (AvgIpc) is 2.43. The van der Waals surface area contributed by atoms with Crippen molar-refractivity contribution in [1.82, 2.24) is 10.3 Å². The van der Waals surface area contributed by atoms with E-state index in [0.29, 0.717) is 6.04 Å². The predicted octanol–water partition coefficient (Wildman–Crippen LogP) is 5.14. The minimum absolute atomic E-state index is 0.301. The van der Waals surface area contributed by atoms with E-state index in [2.05, 4.69) is 24.1 Å². The zero-order chi connectivity index (χ0) is 13.9. The SMILES string of the molecule is CCCCCCCC(NCCC)c1ncccc1Cl. The monoisotopic (exact) mass is 282 g/mol. The van der Waals surface area contributed by atoms with Crippen molar-refractivity contribution in [2.75, 3.05) is 6.54 Å². The normalized spacial score (nSPS) is 12.6. The van der Waals surface area contributed by atoms with Gasteiger partial charge >= 0.3 is 0 Å². The number of unbranched alkanes of at least 4 members (excludes halogenated alkanes) is 4. The summed E-state index contributed by atoms with van der Waals surface area (Å²) >= 11 is 6.26. The van der Waals surface area contributed by atoms with Crippen molar-refractivity contribution in [3.05, 3.63) is 29.0 Å². The molecule has 0 fully saturated rings. The summed E-state index contributed by atoms with van der Waals surface area (Å²) in [4.78, 5) is 4.45. The van der Waals surface area contributed by atoms with Crippen LogP contribution in [0.1, 0.15) is 70.5 Å². The molecular weight excluding hydrogens is 256 g/mol. The van der Waals surface area contributed by atoms with Gasteiger partial charge in [0.15, 0.2) is 0 Å². The van der Waals surface area contributed by atoms with E-state index in [1.807, 2.05) is 18.3 Å². The third-order valence-electron chi connectivity index (χ3n) is 3.35. The number of halogens is 1. The first-order chi connectivity index (χ1) is 9.29. The van der Waals surface area contributed by atoms with Crippen LogP contribution in [0.3, 0.4) is 0 Å². The van der Waals surface area contributed by atoms with Crippen molar-refractivity contribution >= 4 is 11.6 Å². The van der Waals surface area contributed by atoms with Gasteiger partial charge in [-0.3, -0.25) is 4.98 Å². The maximum atomic E-state index is 6.26. The summed E-state index contributed by atoms with van der Waals surface area (Å²) in [6.07, 6.45) is 10.6. The second-order valence-corrected chi connectivity index (χ2v) is 5.49.